The van der Waals surface area contributed by atoms with Crippen molar-refractivity contribution in [2.24, 2.45) is 5.92 Å². The molecule has 9 heteroatoms. The lowest BCUT2D eigenvalue weighted by Gasteiger charge is -2.30. The number of aryl methyl sites for hydroxylation is 1. The Labute approximate surface area is 158 Å². The second kappa shape index (κ2) is 6.96. The molecule has 148 valence electrons. The molecule has 1 aliphatic carbocycles. The molecule has 1 N–H and O–H groups in total. The van der Waals surface area contributed by atoms with Crippen molar-refractivity contribution >= 4 is 17.0 Å². The fourth-order valence-corrected chi connectivity index (χ4v) is 3.65. The van der Waals surface area contributed by atoms with E-state index in [4.69, 9.17) is 8.94 Å². The lowest BCUT2D eigenvalue weighted by Crippen LogP contribution is -2.40. The van der Waals surface area contributed by atoms with Gasteiger partial charge >= 0.3 is 6.18 Å². The van der Waals surface area contributed by atoms with Gasteiger partial charge in [0.05, 0.1) is 28.8 Å². The molecule has 4 rings (SSSR count). The average molecular weight is 393 g/mol. The number of hydrogen-bond acceptors (Lipinski definition) is 5. The van der Waals surface area contributed by atoms with Crippen LogP contribution in [0.2, 0.25) is 0 Å². The first-order valence-electron chi connectivity index (χ1n) is 9.01. The molecule has 0 aliphatic heterocycles. The van der Waals surface area contributed by atoms with Gasteiger partial charge < -0.3 is 14.3 Å². The van der Waals surface area contributed by atoms with Crippen LogP contribution >= 0.6 is 0 Å². The zero-order valence-corrected chi connectivity index (χ0v) is 15.0. The van der Waals surface area contributed by atoms with Crippen LogP contribution in [0.3, 0.4) is 0 Å². The number of amides is 1. The van der Waals surface area contributed by atoms with E-state index < -0.39 is 12.1 Å². The minimum atomic E-state index is -4.18. The molecule has 0 atom stereocenters. The van der Waals surface area contributed by atoms with Crippen molar-refractivity contribution in [1.29, 1.82) is 0 Å². The third-order valence-electron chi connectivity index (χ3n) is 5.16. The van der Waals surface area contributed by atoms with E-state index in [1.54, 1.807) is 25.1 Å². The average Bonchev–Trinajstić information content (AvgIpc) is 3.31. The van der Waals surface area contributed by atoms with Gasteiger partial charge in [0.25, 0.3) is 11.6 Å². The number of nitrogens with one attached hydrogen (secondary N) is 1. The van der Waals surface area contributed by atoms with Crippen LogP contribution in [0.4, 0.5) is 13.2 Å². The third-order valence-corrected chi connectivity index (χ3v) is 5.16. The van der Waals surface area contributed by atoms with Crippen LogP contribution in [0.5, 0.6) is 0 Å². The summed E-state index contributed by atoms with van der Waals surface area (Å²) < 4.78 is 49.1. The van der Waals surface area contributed by atoms with E-state index in [1.165, 1.54) is 6.26 Å². The zero-order chi connectivity index (χ0) is 19.9. The minimum absolute atomic E-state index is 0.0180. The van der Waals surface area contributed by atoms with E-state index >= 15 is 0 Å². The van der Waals surface area contributed by atoms with Crippen molar-refractivity contribution in [3.63, 3.8) is 0 Å². The highest BCUT2D eigenvalue weighted by molar-refractivity contribution is 6.07. The summed E-state index contributed by atoms with van der Waals surface area (Å²) in [5.41, 5.74) is 1.45. The van der Waals surface area contributed by atoms with E-state index in [1.807, 2.05) is 0 Å². The topological polar surface area (TPSA) is 81.2 Å². The van der Waals surface area contributed by atoms with Gasteiger partial charge in [0.2, 0.25) is 0 Å². The minimum Gasteiger partial charge on any atom is -0.463 e. The number of hydrogen-bond donors (Lipinski definition) is 1. The Hall–Kier alpha value is -2.84. The van der Waals surface area contributed by atoms with Crippen LogP contribution < -0.4 is 5.32 Å². The monoisotopic (exact) mass is 393 g/mol. The lowest BCUT2D eigenvalue weighted by molar-refractivity contribution is -0.182. The van der Waals surface area contributed by atoms with Crippen molar-refractivity contribution in [2.45, 2.75) is 44.8 Å². The summed E-state index contributed by atoms with van der Waals surface area (Å²) in [5.74, 6) is -1.21. The summed E-state index contributed by atoms with van der Waals surface area (Å²) in [4.78, 5) is 17.3. The predicted octanol–water partition coefficient (Wildman–Crippen LogP) is 4.64. The van der Waals surface area contributed by atoms with Crippen LogP contribution in [0.25, 0.3) is 22.6 Å². The van der Waals surface area contributed by atoms with E-state index in [-0.39, 0.29) is 43.3 Å². The number of carbonyl (C=O) groups excluding carboxylic acids is 1. The molecule has 0 saturated heterocycles. The molecule has 0 spiro atoms. The maximum atomic E-state index is 12.9. The highest BCUT2D eigenvalue weighted by atomic mass is 19.4. The number of halogens is 3. The highest BCUT2D eigenvalue weighted by Gasteiger charge is 2.41. The molecular weight excluding hydrogens is 375 g/mol. The molecule has 3 aromatic rings. The molecule has 1 saturated carbocycles. The zero-order valence-electron chi connectivity index (χ0n) is 15.0. The summed E-state index contributed by atoms with van der Waals surface area (Å²) >= 11 is 0. The molecule has 3 aromatic heterocycles. The smallest absolute Gasteiger partial charge is 0.391 e. The Morgan fingerprint density at radius 1 is 1.25 bits per heavy atom. The number of alkyl halides is 3. The quantitative estimate of drug-likeness (QED) is 0.701. The van der Waals surface area contributed by atoms with E-state index in [0.29, 0.717) is 28.1 Å². The Balaban J connectivity index is 1.58. The first kappa shape index (κ1) is 18.5. The number of aromatic nitrogens is 2. The van der Waals surface area contributed by atoms with Gasteiger partial charge in [-0.1, -0.05) is 5.16 Å². The van der Waals surface area contributed by atoms with Crippen LogP contribution in [0.1, 0.15) is 41.7 Å². The Bertz CT molecular complexity index is 987. The van der Waals surface area contributed by atoms with Crippen LogP contribution in [0.15, 0.2) is 33.4 Å². The number of rotatable bonds is 3. The molecule has 0 bridgehead atoms. The van der Waals surface area contributed by atoms with Crippen molar-refractivity contribution in [1.82, 2.24) is 15.5 Å². The SMILES string of the molecule is Cc1noc2nc(-c3ccco3)cc(C(=O)NC3CCC(C(F)(F)F)CC3)c12. The molecule has 0 radical (unpaired) electrons. The van der Waals surface area contributed by atoms with E-state index in [0.717, 1.165) is 0 Å². The van der Waals surface area contributed by atoms with Crippen LogP contribution in [-0.4, -0.2) is 28.3 Å². The number of fused-ring (bicyclic) bond motifs is 1. The van der Waals surface area contributed by atoms with Crippen molar-refractivity contribution in [3.05, 3.63) is 35.7 Å². The van der Waals surface area contributed by atoms with E-state index in [2.05, 4.69) is 15.5 Å². The van der Waals surface area contributed by atoms with Gasteiger partial charge in [-0.15, -0.1) is 0 Å². The summed E-state index contributed by atoms with van der Waals surface area (Å²) in [7, 11) is 0. The Morgan fingerprint density at radius 2 is 2.00 bits per heavy atom. The first-order chi connectivity index (χ1) is 13.3. The summed E-state index contributed by atoms with van der Waals surface area (Å²) in [6, 6.07) is 4.69. The number of nitrogens with zero attached hydrogens (tertiary/aromatic N) is 2. The van der Waals surface area contributed by atoms with Gasteiger partial charge in [-0.25, -0.2) is 4.98 Å². The van der Waals surface area contributed by atoms with Crippen LogP contribution in [0, 0.1) is 12.8 Å². The molecular formula is C19H18F3N3O3. The second-order valence-electron chi connectivity index (χ2n) is 7.04. The van der Waals surface area contributed by atoms with Gasteiger partial charge in [-0.3, -0.25) is 4.79 Å². The maximum Gasteiger partial charge on any atom is 0.391 e. The van der Waals surface area contributed by atoms with Gasteiger partial charge in [0.15, 0.2) is 5.76 Å². The molecule has 1 fully saturated rings. The number of furan rings is 1. The van der Waals surface area contributed by atoms with Crippen molar-refractivity contribution < 1.29 is 26.9 Å². The summed E-state index contributed by atoms with van der Waals surface area (Å²) in [6.07, 6.45) is -2.07. The third kappa shape index (κ3) is 3.48. The lowest BCUT2D eigenvalue weighted by atomic mass is 9.85. The Morgan fingerprint density at radius 3 is 2.64 bits per heavy atom. The molecule has 6 nitrogen and oxygen atoms in total. The fraction of sp³-hybridized carbons (Fsp3) is 0.421. The number of carbonyl (C=O) groups is 1. The van der Waals surface area contributed by atoms with Gasteiger partial charge in [0.1, 0.15) is 5.69 Å². The normalized spacial score (nSPS) is 20.4. The van der Waals surface area contributed by atoms with Crippen molar-refractivity contribution in [3.8, 4) is 11.5 Å². The molecule has 3 heterocycles. The number of pyridine rings is 1. The van der Waals surface area contributed by atoms with Gasteiger partial charge in [0, 0.05) is 6.04 Å². The molecule has 28 heavy (non-hydrogen) atoms. The van der Waals surface area contributed by atoms with Gasteiger partial charge in [-0.2, -0.15) is 13.2 Å². The van der Waals surface area contributed by atoms with Crippen LogP contribution in [-0.2, 0) is 0 Å². The molecule has 1 aliphatic rings. The second-order valence-corrected chi connectivity index (χ2v) is 7.04. The summed E-state index contributed by atoms with van der Waals surface area (Å²) in [6.45, 7) is 1.70. The first-order valence-corrected chi connectivity index (χ1v) is 9.01. The highest BCUT2D eigenvalue weighted by Crippen LogP contribution is 2.37. The predicted molar refractivity (Wildman–Crippen MR) is 93.5 cm³/mol. The summed E-state index contributed by atoms with van der Waals surface area (Å²) in [5, 5.41) is 7.21. The Kier molecular flexibility index (Phi) is 4.60. The fourth-order valence-electron chi connectivity index (χ4n) is 3.65. The molecule has 0 aromatic carbocycles. The molecule has 0 unspecified atom stereocenters. The van der Waals surface area contributed by atoms with E-state index in [9.17, 15) is 18.0 Å². The standard InChI is InChI=1S/C19H18F3N3O3/c1-10-16-13(9-14(15-3-2-8-27-15)24-18(16)28-25-10)17(26)23-12-6-4-11(5-7-12)19(20,21)22/h2-3,8-9,11-12H,4-7H2,1H3,(H,23,26). The van der Waals surface area contributed by atoms with Gasteiger partial charge in [-0.05, 0) is 50.8 Å². The molecule has 1 amide bonds. The largest absolute Gasteiger partial charge is 0.463 e. The van der Waals surface area contributed by atoms with Crippen molar-refractivity contribution in [2.75, 3.05) is 0 Å². The maximum absolute atomic E-state index is 12.9.